The molecule has 0 spiro atoms. The number of aromatic amines is 1. The quantitative estimate of drug-likeness (QED) is 0.714. The maximum Gasteiger partial charge on any atom is 0.416 e. The lowest BCUT2D eigenvalue weighted by atomic mass is 10.0. The van der Waals surface area contributed by atoms with Crippen LogP contribution in [-0.4, -0.2) is 29.3 Å². The van der Waals surface area contributed by atoms with Gasteiger partial charge in [0.2, 0.25) is 0 Å². The van der Waals surface area contributed by atoms with E-state index in [4.69, 9.17) is 0 Å². The monoisotopic (exact) mass is 360 g/mol. The van der Waals surface area contributed by atoms with E-state index in [1.807, 2.05) is 23.1 Å². The molecular weight excluding hydrogens is 341 g/mol. The summed E-state index contributed by atoms with van der Waals surface area (Å²) in [5.74, 6) is 0. The molecule has 2 N–H and O–H groups in total. The summed E-state index contributed by atoms with van der Waals surface area (Å²) < 4.78 is 38.9. The van der Waals surface area contributed by atoms with Gasteiger partial charge >= 0.3 is 6.18 Å². The van der Waals surface area contributed by atoms with Crippen LogP contribution in [0.5, 0.6) is 0 Å². The summed E-state index contributed by atoms with van der Waals surface area (Å²) in [5, 5.41) is 11.5. The number of H-pyrrole nitrogens is 1. The number of hydrogen-bond donors (Lipinski definition) is 2. The highest BCUT2D eigenvalue weighted by molar-refractivity contribution is 5.81. The highest BCUT2D eigenvalue weighted by Gasteiger charge is 2.31. The van der Waals surface area contributed by atoms with Gasteiger partial charge in [-0.2, -0.15) is 18.3 Å². The first-order valence-corrected chi connectivity index (χ1v) is 8.61. The summed E-state index contributed by atoms with van der Waals surface area (Å²) >= 11 is 0. The van der Waals surface area contributed by atoms with Crippen molar-refractivity contribution >= 4 is 22.3 Å². The average molecular weight is 360 g/mol. The molecule has 0 aliphatic carbocycles. The van der Waals surface area contributed by atoms with E-state index in [0.29, 0.717) is 12.2 Å². The van der Waals surface area contributed by atoms with Gasteiger partial charge < -0.3 is 10.2 Å². The van der Waals surface area contributed by atoms with E-state index in [2.05, 4.69) is 15.5 Å². The van der Waals surface area contributed by atoms with Gasteiger partial charge in [-0.3, -0.25) is 5.10 Å². The predicted molar refractivity (Wildman–Crippen MR) is 96.4 cm³/mol. The number of benzene rings is 2. The van der Waals surface area contributed by atoms with Gasteiger partial charge in [-0.05, 0) is 49.2 Å². The summed E-state index contributed by atoms with van der Waals surface area (Å²) in [7, 11) is 0. The van der Waals surface area contributed by atoms with Crippen LogP contribution in [0, 0.1) is 0 Å². The second-order valence-corrected chi connectivity index (χ2v) is 6.65. The fraction of sp³-hybridized carbons (Fsp3) is 0.316. The van der Waals surface area contributed by atoms with E-state index in [1.54, 1.807) is 12.3 Å². The molecule has 7 heteroatoms. The van der Waals surface area contributed by atoms with Crippen LogP contribution in [-0.2, 0) is 6.18 Å². The van der Waals surface area contributed by atoms with E-state index in [-0.39, 0.29) is 6.04 Å². The molecule has 0 radical (unpaired) electrons. The minimum atomic E-state index is -4.32. The number of alkyl halides is 3. The molecule has 1 aliphatic heterocycles. The van der Waals surface area contributed by atoms with E-state index in [0.717, 1.165) is 42.0 Å². The lowest BCUT2D eigenvalue weighted by molar-refractivity contribution is -0.137. The first-order valence-electron chi connectivity index (χ1n) is 8.61. The van der Waals surface area contributed by atoms with Crippen molar-refractivity contribution in [2.45, 2.75) is 25.1 Å². The molecule has 2 heterocycles. The molecule has 0 amide bonds. The van der Waals surface area contributed by atoms with E-state index in [9.17, 15) is 13.2 Å². The van der Waals surface area contributed by atoms with Crippen molar-refractivity contribution in [3.63, 3.8) is 0 Å². The Hall–Kier alpha value is -2.70. The van der Waals surface area contributed by atoms with Crippen LogP contribution < -0.4 is 10.2 Å². The molecule has 1 aromatic heterocycles. The zero-order chi connectivity index (χ0) is 18.1. The summed E-state index contributed by atoms with van der Waals surface area (Å²) in [5.41, 5.74) is 1.99. The van der Waals surface area contributed by atoms with Crippen molar-refractivity contribution in [3.05, 3.63) is 54.2 Å². The molecular formula is C19H19F3N4. The van der Waals surface area contributed by atoms with E-state index < -0.39 is 11.7 Å². The molecule has 26 heavy (non-hydrogen) atoms. The molecule has 1 fully saturated rings. The molecule has 0 bridgehead atoms. The van der Waals surface area contributed by atoms with Gasteiger partial charge in [0, 0.05) is 35.9 Å². The van der Waals surface area contributed by atoms with Gasteiger partial charge in [0.1, 0.15) is 0 Å². The summed E-state index contributed by atoms with van der Waals surface area (Å²) in [6.07, 6.45) is -0.624. The van der Waals surface area contributed by atoms with Crippen LogP contribution in [0.15, 0.2) is 48.7 Å². The van der Waals surface area contributed by atoms with Crippen LogP contribution in [0.4, 0.5) is 24.5 Å². The molecule has 1 saturated heterocycles. The Morgan fingerprint density at radius 3 is 2.88 bits per heavy atom. The van der Waals surface area contributed by atoms with Crippen LogP contribution >= 0.6 is 0 Å². The Kier molecular flexibility index (Phi) is 4.22. The Morgan fingerprint density at radius 2 is 2.04 bits per heavy atom. The third-order valence-corrected chi connectivity index (χ3v) is 4.77. The number of piperidine rings is 1. The number of fused-ring (bicyclic) bond motifs is 1. The zero-order valence-electron chi connectivity index (χ0n) is 14.1. The Labute approximate surface area is 149 Å². The molecule has 4 nitrogen and oxygen atoms in total. The summed E-state index contributed by atoms with van der Waals surface area (Å²) in [6.45, 7) is 1.44. The van der Waals surface area contributed by atoms with Crippen LogP contribution in [0.25, 0.3) is 10.9 Å². The average Bonchev–Trinajstić information content (AvgIpc) is 3.09. The smallest absolute Gasteiger partial charge is 0.381 e. The maximum atomic E-state index is 13.0. The maximum absolute atomic E-state index is 13.0. The van der Waals surface area contributed by atoms with Gasteiger partial charge in [-0.25, -0.2) is 0 Å². The summed E-state index contributed by atoms with van der Waals surface area (Å²) in [4.78, 5) is 2.02. The fourth-order valence-corrected chi connectivity index (χ4v) is 3.48. The molecule has 1 unspecified atom stereocenters. The second kappa shape index (κ2) is 6.55. The van der Waals surface area contributed by atoms with Crippen LogP contribution in [0.2, 0.25) is 0 Å². The fourth-order valence-electron chi connectivity index (χ4n) is 3.48. The van der Waals surface area contributed by atoms with E-state index >= 15 is 0 Å². The van der Waals surface area contributed by atoms with Crippen LogP contribution in [0.3, 0.4) is 0 Å². The van der Waals surface area contributed by atoms with Gasteiger partial charge in [0.15, 0.2) is 0 Å². The number of rotatable bonds is 3. The molecule has 4 rings (SSSR count). The van der Waals surface area contributed by atoms with Gasteiger partial charge in [-0.15, -0.1) is 0 Å². The molecule has 1 atom stereocenters. The SMILES string of the molecule is FC(F)(F)c1cccc(N2CCCC(Nc3ccc4[nH]ncc4c3)C2)c1. The third kappa shape index (κ3) is 3.47. The first kappa shape index (κ1) is 16.8. The van der Waals surface area contributed by atoms with Crippen molar-refractivity contribution in [2.75, 3.05) is 23.3 Å². The molecule has 0 saturated carbocycles. The molecule has 3 aromatic rings. The lowest BCUT2D eigenvalue weighted by Crippen LogP contribution is -2.42. The van der Waals surface area contributed by atoms with Crippen LogP contribution in [0.1, 0.15) is 18.4 Å². The van der Waals surface area contributed by atoms with Gasteiger partial charge in [0.25, 0.3) is 0 Å². The number of aromatic nitrogens is 2. The van der Waals surface area contributed by atoms with Gasteiger partial charge in [-0.1, -0.05) is 6.07 Å². The van der Waals surface area contributed by atoms with Gasteiger partial charge in [0.05, 0.1) is 17.3 Å². The third-order valence-electron chi connectivity index (χ3n) is 4.77. The number of halogens is 3. The predicted octanol–water partition coefficient (Wildman–Crippen LogP) is 4.66. The van der Waals surface area contributed by atoms with Crippen molar-refractivity contribution in [2.24, 2.45) is 0 Å². The highest BCUT2D eigenvalue weighted by atomic mass is 19.4. The minimum Gasteiger partial charge on any atom is -0.381 e. The van der Waals surface area contributed by atoms with Crippen molar-refractivity contribution in [3.8, 4) is 0 Å². The molecule has 1 aliphatic rings. The second-order valence-electron chi connectivity index (χ2n) is 6.65. The number of nitrogens with zero attached hydrogens (tertiary/aromatic N) is 2. The summed E-state index contributed by atoms with van der Waals surface area (Å²) in [6, 6.07) is 11.7. The standard InChI is InChI=1S/C19H19F3N4/c20-19(21,22)14-3-1-5-17(10-14)26-8-2-4-16(12-26)24-15-6-7-18-13(9-15)11-23-25-18/h1,3,5-7,9-11,16,24H,2,4,8,12H2,(H,23,25). The zero-order valence-corrected chi connectivity index (χ0v) is 14.1. The minimum absolute atomic E-state index is 0.183. The largest absolute Gasteiger partial charge is 0.416 e. The molecule has 2 aromatic carbocycles. The topological polar surface area (TPSA) is 44.0 Å². The number of hydrogen-bond acceptors (Lipinski definition) is 3. The lowest BCUT2D eigenvalue weighted by Gasteiger charge is -2.35. The van der Waals surface area contributed by atoms with E-state index in [1.165, 1.54) is 12.1 Å². The number of nitrogens with one attached hydrogen (secondary N) is 2. The Balaban J connectivity index is 1.49. The first-order chi connectivity index (χ1) is 12.5. The number of anilines is 2. The van der Waals surface area contributed by atoms with Crippen molar-refractivity contribution in [1.82, 2.24) is 10.2 Å². The molecule has 136 valence electrons. The Bertz CT molecular complexity index is 903. The highest BCUT2D eigenvalue weighted by Crippen LogP contribution is 2.32. The normalized spacial score (nSPS) is 18.3. The Morgan fingerprint density at radius 1 is 1.15 bits per heavy atom. The van der Waals surface area contributed by atoms with Crippen molar-refractivity contribution in [1.29, 1.82) is 0 Å². The van der Waals surface area contributed by atoms with Crippen molar-refractivity contribution < 1.29 is 13.2 Å².